The van der Waals surface area contributed by atoms with Crippen molar-refractivity contribution in [3.63, 3.8) is 0 Å². The zero-order chi connectivity index (χ0) is 11.8. The van der Waals surface area contributed by atoms with Crippen LogP contribution in [0.25, 0.3) is 20.2 Å². The van der Waals surface area contributed by atoms with E-state index in [4.69, 9.17) is 5.11 Å². The second-order valence-corrected chi connectivity index (χ2v) is 5.07. The van der Waals surface area contributed by atoms with Crippen LogP contribution in [0.5, 0.6) is 0 Å². The van der Waals surface area contributed by atoms with Gasteiger partial charge in [-0.05, 0) is 16.9 Å². The summed E-state index contributed by atoms with van der Waals surface area (Å²) in [4.78, 5) is 0. The lowest BCUT2D eigenvalue weighted by atomic mass is 9.62. The minimum Gasteiger partial charge on any atom is -0.445 e. The number of aliphatic hydroxyl groups is 1. The summed E-state index contributed by atoms with van der Waals surface area (Å²) in [5, 5.41) is 21.2. The monoisotopic (exact) mass is 242 g/mol. The molecule has 0 bridgehead atoms. The van der Waals surface area contributed by atoms with Crippen molar-refractivity contribution in [2.75, 3.05) is 6.51 Å². The third kappa shape index (κ3) is 1.65. The summed E-state index contributed by atoms with van der Waals surface area (Å²) >= 11 is 1.66. The molecule has 1 heterocycles. The Morgan fingerprint density at radius 3 is 2.59 bits per heavy atom. The van der Waals surface area contributed by atoms with Crippen LogP contribution in [0.15, 0.2) is 42.5 Å². The normalized spacial score (nSPS) is 11.2. The first-order chi connectivity index (χ1) is 8.31. The molecule has 0 atom stereocenters. The van der Waals surface area contributed by atoms with Crippen LogP contribution in [0, 0.1) is 0 Å². The van der Waals surface area contributed by atoms with Crippen molar-refractivity contribution in [1.29, 1.82) is 0 Å². The van der Waals surface area contributed by atoms with Gasteiger partial charge in [0.2, 0.25) is 0 Å². The van der Waals surface area contributed by atoms with Gasteiger partial charge in [-0.1, -0.05) is 36.4 Å². The summed E-state index contributed by atoms with van der Waals surface area (Å²) < 4.78 is 2.27. The molecule has 0 spiro atoms. The predicted molar refractivity (Wildman–Crippen MR) is 74.0 cm³/mol. The quantitative estimate of drug-likeness (QED) is 0.672. The van der Waals surface area contributed by atoms with Crippen LogP contribution in [-0.4, -0.2) is 23.6 Å². The van der Waals surface area contributed by atoms with Crippen molar-refractivity contribution in [2.45, 2.75) is 0 Å². The molecule has 4 heteroatoms. The van der Waals surface area contributed by atoms with E-state index in [1.807, 2.05) is 24.3 Å². The molecular formula is C13H11BO2S. The molecule has 0 saturated carbocycles. The molecule has 1 aromatic heterocycles. The Balaban J connectivity index is 2.39. The van der Waals surface area contributed by atoms with Gasteiger partial charge in [0.15, 0.2) is 0 Å². The Morgan fingerprint density at radius 1 is 1.00 bits per heavy atom. The number of hydrogen-bond donors (Lipinski definition) is 2. The van der Waals surface area contributed by atoms with Gasteiger partial charge in [-0.15, -0.1) is 11.3 Å². The molecule has 3 rings (SSSR count). The Labute approximate surface area is 103 Å². The summed E-state index contributed by atoms with van der Waals surface area (Å²) in [6, 6.07) is 14.1. The fourth-order valence-electron chi connectivity index (χ4n) is 2.13. The maximum Gasteiger partial charge on any atom is 0.352 e. The van der Waals surface area contributed by atoms with Gasteiger partial charge < -0.3 is 10.1 Å². The molecule has 0 aliphatic rings. The van der Waals surface area contributed by atoms with Gasteiger partial charge in [0.25, 0.3) is 0 Å². The van der Waals surface area contributed by atoms with Crippen molar-refractivity contribution in [3.05, 3.63) is 42.5 Å². The van der Waals surface area contributed by atoms with Gasteiger partial charge in [-0.3, -0.25) is 0 Å². The van der Waals surface area contributed by atoms with Crippen molar-refractivity contribution < 1.29 is 10.1 Å². The average Bonchev–Trinajstić information content (AvgIpc) is 2.76. The molecule has 2 N–H and O–H groups in total. The summed E-state index contributed by atoms with van der Waals surface area (Å²) in [7, 11) is 0. The zero-order valence-corrected chi connectivity index (χ0v) is 9.95. The highest BCUT2D eigenvalue weighted by Crippen LogP contribution is 2.32. The van der Waals surface area contributed by atoms with E-state index >= 15 is 0 Å². The van der Waals surface area contributed by atoms with Crippen LogP contribution in [0.3, 0.4) is 0 Å². The van der Waals surface area contributed by atoms with E-state index in [1.54, 1.807) is 11.3 Å². The molecule has 0 amide bonds. The van der Waals surface area contributed by atoms with Gasteiger partial charge in [-0.2, -0.15) is 0 Å². The van der Waals surface area contributed by atoms with Crippen LogP contribution in [-0.2, 0) is 0 Å². The molecule has 0 aliphatic heterocycles. The number of hydrogen-bond acceptors (Lipinski definition) is 3. The summed E-state index contributed by atoms with van der Waals surface area (Å²) in [5.41, 5.74) is 0.811. The Morgan fingerprint density at radius 2 is 1.76 bits per heavy atom. The number of aliphatic hydroxyl groups excluding tert-OH is 1. The maximum atomic E-state index is 9.81. The van der Waals surface area contributed by atoms with Gasteiger partial charge in [-0.25, -0.2) is 0 Å². The molecule has 0 fully saturated rings. The minimum atomic E-state index is -0.799. The Hall–Kier alpha value is -1.36. The van der Waals surface area contributed by atoms with Crippen LogP contribution < -0.4 is 5.46 Å². The van der Waals surface area contributed by atoms with Crippen LogP contribution >= 0.6 is 11.3 Å². The lowest BCUT2D eigenvalue weighted by molar-refractivity contribution is 0.343. The van der Waals surface area contributed by atoms with Gasteiger partial charge >= 0.3 is 6.92 Å². The third-order valence-electron chi connectivity index (χ3n) is 2.97. The maximum absolute atomic E-state index is 9.81. The fourth-order valence-corrected chi connectivity index (χ4v) is 3.39. The molecule has 84 valence electrons. The topological polar surface area (TPSA) is 40.5 Å². The first-order valence-electron chi connectivity index (χ1n) is 5.50. The molecule has 2 aromatic carbocycles. The fraction of sp³-hybridized carbons (Fsp3) is 0.0769. The van der Waals surface area contributed by atoms with Crippen molar-refractivity contribution in [2.24, 2.45) is 0 Å². The second-order valence-electron chi connectivity index (χ2n) is 4.02. The van der Waals surface area contributed by atoms with E-state index in [-0.39, 0.29) is 6.51 Å². The van der Waals surface area contributed by atoms with E-state index in [2.05, 4.69) is 18.2 Å². The first kappa shape index (κ1) is 10.8. The van der Waals surface area contributed by atoms with Gasteiger partial charge in [0, 0.05) is 14.8 Å². The van der Waals surface area contributed by atoms with Crippen molar-refractivity contribution >= 4 is 43.9 Å². The van der Waals surface area contributed by atoms with E-state index in [0.717, 1.165) is 15.5 Å². The van der Waals surface area contributed by atoms with Crippen LogP contribution in [0.4, 0.5) is 0 Å². The molecule has 0 saturated heterocycles. The first-order valence-corrected chi connectivity index (χ1v) is 6.32. The lowest BCUT2D eigenvalue weighted by Gasteiger charge is -2.04. The van der Waals surface area contributed by atoms with Gasteiger partial charge in [0.1, 0.15) is 0 Å². The molecule has 0 unspecified atom stereocenters. The molecule has 3 aromatic rings. The molecule has 2 nitrogen and oxygen atoms in total. The van der Waals surface area contributed by atoms with E-state index in [0.29, 0.717) is 0 Å². The summed E-state index contributed by atoms with van der Waals surface area (Å²) in [6.07, 6.45) is 0. The van der Waals surface area contributed by atoms with E-state index < -0.39 is 6.92 Å². The standard InChI is InChI=1S/C13H11BO2S/c15-8-14(16)11-6-3-5-10-9-4-1-2-7-12(9)17-13(10)11/h1-7,15-16H,8H2. The second kappa shape index (κ2) is 4.15. The molecule has 0 aliphatic carbocycles. The van der Waals surface area contributed by atoms with Crippen molar-refractivity contribution in [3.8, 4) is 0 Å². The minimum absolute atomic E-state index is 0.243. The SMILES string of the molecule is OCB(O)c1cccc2c1sc1ccccc12. The summed E-state index contributed by atoms with van der Waals surface area (Å²) in [5.74, 6) is 0. The highest BCUT2D eigenvalue weighted by molar-refractivity contribution is 7.27. The predicted octanol–water partition coefficient (Wildman–Crippen LogP) is 1.78. The highest BCUT2D eigenvalue weighted by atomic mass is 32.1. The largest absolute Gasteiger partial charge is 0.445 e. The number of rotatable bonds is 2. The summed E-state index contributed by atoms with van der Waals surface area (Å²) in [6.45, 7) is -1.04. The highest BCUT2D eigenvalue weighted by Gasteiger charge is 2.17. The number of benzene rings is 2. The molecular weight excluding hydrogens is 231 g/mol. The van der Waals surface area contributed by atoms with Gasteiger partial charge in [0.05, 0.1) is 6.51 Å². The smallest absolute Gasteiger partial charge is 0.352 e. The van der Waals surface area contributed by atoms with E-state index in [9.17, 15) is 5.02 Å². The number of thiophene rings is 1. The van der Waals surface area contributed by atoms with Crippen molar-refractivity contribution in [1.82, 2.24) is 0 Å². The Kier molecular flexibility index (Phi) is 2.63. The van der Waals surface area contributed by atoms with E-state index in [1.165, 1.54) is 10.1 Å². The van der Waals surface area contributed by atoms with Crippen LogP contribution in [0.1, 0.15) is 0 Å². The zero-order valence-electron chi connectivity index (χ0n) is 9.13. The molecule has 17 heavy (non-hydrogen) atoms. The third-order valence-corrected chi connectivity index (χ3v) is 4.20. The molecule has 0 radical (unpaired) electrons. The van der Waals surface area contributed by atoms with Crippen LogP contribution in [0.2, 0.25) is 0 Å². The average molecular weight is 242 g/mol. The Bertz CT molecular complexity index is 677. The lowest BCUT2D eigenvalue weighted by Crippen LogP contribution is -2.34. The number of fused-ring (bicyclic) bond motifs is 3.